The van der Waals surface area contributed by atoms with Crippen molar-refractivity contribution in [3.8, 4) is 0 Å². The molecule has 4 saturated carbocycles. The van der Waals surface area contributed by atoms with E-state index in [-0.39, 0.29) is 6.04 Å². The summed E-state index contributed by atoms with van der Waals surface area (Å²) in [5, 5.41) is 15.5. The van der Waals surface area contributed by atoms with Gasteiger partial charge in [0.1, 0.15) is 0 Å². The smallest absolute Gasteiger partial charge is 0.321 e. The Morgan fingerprint density at radius 2 is 1.84 bits per heavy atom. The fourth-order valence-corrected chi connectivity index (χ4v) is 5.26. The van der Waals surface area contributed by atoms with Crippen LogP contribution in [0.3, 0.4) is 0 Å². The van der Waals surface area contributed by atoms with E-state index in [4.69, 9.17) is 4.74 Å². The average molecular weight is 352 g/mol. The van der Waals surface area contributed by atoms with E-state index in [0.717, 1.165) is 38.5 Å². The summed E-state index contributed by atoms with van der Waals surface area (Å²) in [6, 6.07) is -0.623. The number of aliphatic hydroxyl groups is 1. The molecule has 7 heteroatoms. The largest absolute Gasteiger partial charge is 0.455 e. The van der Waals surface area contributed by atoms with Crippen molar-refractivity contribution in [3.05, 3.63) is 0 Å². The quantitative estimate of drug-likeness (QED) is 0.650. The van der Waals surface area contributed by atoms with Crippen LogP contribution < -0.4 is 10.6 Å². The molecule has 4 aliphatic rings. The number of rotatable bonds is 5. The summed E-state index contributed by atoms with van der Waals surface area (Å²) < 4.78 is 5.22. The van der Waals surface area contributed by atoms with Gasteiger partial charge in [0.15, 0.2) is 6.61 Å². The average Bonchev–Trinajstić information content (AvgIpc) is 2.49. The molecule has 0 heterocycles. The first kappa shape index (κ1) is 18.2. The molecule has 0 aromatic heterocycles. The Morgan fingerprint density at radius 3 is 2.40 bits per heavy atom. The van der Waals surface area contributed by atoms with Crippen molar-refractivity contribution in [2.45, 2.75) is 70.4 Å². The lowest BCUT2D eigenvalue weighted by Crippen LogP contribution is -2.58. The Morgan fingerprint density at radius 1 is 1.20 bits per heavy atom. The molecule has 0 aliphatic heterocycles. The van der Waals surface area contributed by atoms with Crippen molar-refractivity contribution < 1.29 is 24.2 Å². The van der Waals surface area contributed by atoms with Gasteiger partial charge in [-0.3, -0.25) is 14.9 Å². The maximum absolute atomic E-state index is 12.6. The molecule has 4 bridgehead atoms. The number of esters is 1. The van der Waals surface area contributed by atoms with Gasteiger partial charge in [-0.25, -0.2) is 4.79 Å². The first-order valence-corrected chi connectivity index (χ1v) is 9.23. The Labute approximate surface area is 147 Å². The Bertz CT molecular complexity index is 562. The number of nitrogens with one attached hydrogen (secondary N) is 2. The lowest BCUT2D eigenvalue weighted by atomic mass is 9.48. The Hall–Kier alpha value is -1.63. The van der Waals surface area contributed by atoms with E-state index in [1.807, 2.05) is 13.8 Å². The minimum Gasteiger partial charge on any atom is -0.455 e. The number of carbonyl (C=O) groups excluding carboxylic acids is 3. The van der Waals surface area contributed by atoms with Gasteiger partial charge in [-0.1, -0.05) is 6.92 Å². The molecule has 140 valence electrons. The molecule has 0 spiro atoms. The highest BCUT2D eigenvalue weighted by atomic mass is 16.5. The second-order valence-electron chi connectivity index (χ2n) is 8.37. The standard InChI is InChI=1S/C18H28N2O5/c1-3-11(2)19-16(23)20-14(21)9-25-15(22)17-5-12-4-13(6-17)8-18(24,7-12)10-17/h11-13,24H,3-10H2,1-2H3,(H2,19,20,21,23)/t11-,12-,13+,17?,18?/m0/s1. The van der Waals surface area contributed by atoms with Crippen LogP contribution in [0.15, 0.2) is 0 Å². The summed E-state index contributed by atoms with van der Waals surface area (Å²) in [6.45, 7) is 3.29. The molecule has 0 radical (unpaired) electrons. The highest BCUT2D eigenvalue weighted by molar-refractivity contribution is 5.95. The minimum atomic E-state index is -0.748. The first-order valence-electron chi connectivity index (χ1n) is 9.23. The maximum Gasteiger partial charge on any atom is 0.321 e. The summed E-state index contributed by atoms with van der Waals surface area (Å²) in [4.78, 5) is 36.1. The van der Waals surface area contributed by atoms with Crippen molar-refractivity contribution in [2.75, 3.05) is 6.61 Å². The summed E-state index contributed by atoms with van der Waals surface area (Å²) in [7, 11) is 0. The summed E-state index contributed by atoms with van der Waals surface area (Å²) in [5.41, 5.74) is -1.40. The van der Waals surface area contributed by atoms with Crippen molar-refractivity contribution in [2.24, 2.45) is 17.3 Å². The van der Waals surface area contributed by atoms with E-state index >= 15 is 0 Å². The molecule has 0 saturated heterocycles. The first-order chi connectivity index (χ1) is 11.7. The number of amides is 3. The number of imide groups is 1. The Kier molecular flexibility index (Phi) is 4.79. The van der Waals surface area contributed by atoms with Gasteiger partial charge in [-0.2, -0.15) is 0 Å². The molecular weight excluding hydrogens is 324 g/mol. The van der Waals surface area contributed by atoms with Crippen molar-refractivity contribution in [1.82, 2.24) is 10.6 Å². The highest BCUT2D eigenvalue weighted by Crippen LogP contribution is 2.61. The number of hydrogen-bond acceptors (Lipinski definition) is 5. The van der Waals surface area contributed by atoms with Gasteiger partial charge in [0.05, 0.1) is 11.0 Å². The zero-order valence-corrected chi connectivity index (χ0v) is 15.0. The van der Waals surface area contributed by atoms with Gasteiger partial charge in [0, 0.05) is 6.04 Å². The van der Waals surface area contributed by atoms with Crippen molar-refractivity contribution in [3.63, 3.8) is 0 Å². The monoisotopic (exact) mass is 352 g/mol. The van der Waals surface area contributed by atoms with Crippen LogP contribution in [0.25, 0.3) is 0 Å². The number of ether oxygens (including phenoxy) is 1. The molecule has 3 amide bonds. The predicted octanol–water partition coefficient (Wildman–Crippen LogP) is 1.49. The third-order valence-corrected chi connectivity index (χ3v) is 6.04. The van der Waals surface area contributed by atoms with E-state index < -0.39 is 35.5 Å². The number of urea groups is 1. The van der Waals surface area contributed by atoms with Crippen LogP contribution in [-0.2, 0) is 14.3 Å². The van der Waals surface area contributed by atoms with Crippen LogP contribution in [0.4, 0.5) is 4.79 Å². The SMILES string of the molecule is CC[C@H](C)NC(=O)NC(=O)COC(=O)C12C[C@@H]3C[C@@H](CC(O)(C3)C1)C2. The van der Waals surface area contributed by atoms with Crippen LogP contribution >= 0.6 is 0 Å². The fourth-order valence-electron chi connectivity index (χ4n) is 5.26. The normalized spacial score (nSPS) is 36.6. The molecule has 25 heavy (non-hydrogen) atoms. The van der Waals surface area contributed by atoms with Crippen LogP contribution in [0, 0.1) is 17.3 Å². The van der Waals surface area contributed by atoms with Crippen LogP contribution in [0.1, 0.15) is 58.8 Å². The summed E-state index contributed by atoms with van der Waals surface area (Å²) >= 11 is 0. The zero-order chi connectivity index (χ0) is 18.2. The minimum absolute atomic E-state index is 0.0388. The molecule has 5 atom stereocenters. The lowest BCUT2D eigenvalue weighted by molar-refractivity contribution is -0.196. The fraction of sp³-hybridized carbons (Fsp3) is 0.833. The zero-order valence-electron chi connectivity index (χ0n) is 15.0. The summed E-state index contributed by atoms with van der Waals surface area (Å²) in [6.07, 6.45) is 5.28. The summed E-state index contributed by atoms with van der Waals surface area (Å²) in [5.74, 6) is -0.307. The molecule has 2 unspecified atom stereocenters. The van der Waals surface area contributed by atoms with Crippen molar-refractivity contribution >= 4 is 17.9 Å². The third kappa shape index (κ3) is 3.81. The second-order valence-corrected chi connectivity index (χ2v) is 8.37. The molecule has 4 fully saturated rings. The van der Waals surface area contributed by atoms with Crippen molar-refractivity contribution in [1.29, 1.82) is 0 Å². The van der Waals surface area contributed by atoms with Crippen LogP contribution in [0.2, 0.25) is 0 Å². The van der Waals surface area contributed by atoms with Gasteiger partial charge in [-0.05, 0) is 63.7 Å². The number of carbonyl (C=O) groups is 3. The maximum atomic E-state index is 12.6. The van der Waals surface area contributed by atoms with Gasteiger partial charge in [-0.15, -0.1) is 0 Å². The molecule has 4 aliphatic carbocycles. The predicted molar refractivity (Wildman–Crippen MR) is 89.5 cm³/mol. The van der Waals surface area contributed by atoms with E-state index in [1.54, 1.807) is 0 Å². The molecule has 0 aromatic carbocycles. The lowest BCUT2D eigenvalue weighted by Gasteiger charge is -2.58. The van der Waals surface area contributed by atoms with E-state index in [2.05, 4.69) is 10.6 Å². The second kappa shape index (κ2) is 6.59. The topological polar surface area (TPSA) is 105 Å². The molecule has 3 N–H and O–H groups in total. The van der Waals surface area contributed by atoms with E-state index in [9.17, 15) is 19.5 Å². The van der Waals surface area contributed by atoms with Gasteiger partial charge in [0.25, 0.3) is 5.91 Å². The third-order valence-electron chi connectivity index (χ3n) is 6.04. The molecule has 7 nitrogen and oxygen atoms in total. The molecule has 4 rings (SSSR count). The van der Waals surface area contributed by atoms with E-state index in [0.29, 0.717) is 18.3 Å². The van der Waals surface area contributed by atoms with Gasteiger partial charge < -0.3 is 15.2 Å². The number of hydrogen-bond donors (Lipinski definition) is 3. The molecular formula is C18H28N2O5. The van der Waals surface area contributed by atoms with Gasteiger partial charge in [0.2, 0.25) is 0 Å². The van der Waals surface area contributed by atoms with Crippen LogP contribution in [-0.4, -0.2) is 41.3 Å². The highest BCUT2D eigenvalue weighted by Gasteiger charge is 2.60. The van der Waals surface area contributed by atoms with Crippen LogP contribution in [0.5, 0.6) is 0 Å². The van der Waals surface area contributed by atoms with E-state index in [1.165, 1.54) is 0 Å². The Balaban J connectivity index is 1.51. The van der Waals surface area contributed by atoms with Gasteiger partial charge >= 0.3 is 12.0 Å². The molecule has 0 aromatic rings.